The molecule has 0 saturated carbocycles. The van der Waals surface area contributed by atoms with Gasteiger partial charge in [-0.2, -0.15) is 0 Å². The smallest absolute Gasteiger partial charge is 0.234 e. The van der Waals surface area contributed by atoms with Crippen molar-refractivity contribution in [2.24, 2.45) is 5.73 Å². The molecule has 1 aliphatic rings. The highest BCUT2D eigenvalue weighted by Gasteiger charge is 2.22. The van der Waals surface area contributed by atoms with Crippen molar-refractivity contribution in [3.63, 3.8) is 0 Å². The number of likely N-dealkylation sites (tertiary alicyclic amines) is 1. The van der Waals surface area contributed by atoms with E-state index in [1.165, 1.54) is 0 Å². The van der Waals surface area contributed by atoms with Crippen LogP contribution in [0.2, 0.25) is 0 Å². The average molecular weight is 227 g/mol. The molecule has 3 N–H and O–H groups in total. The highest BCUT2D eigenvalue weighted by Crippen LogP contribution is 2.10. The van der Waals surface area contributed by atoms with Gasteiger partial charge in [0.2, 0.25) is 5.91 Å². The molecule has 4 nitrogen and oxygen atoms in total. The van der Waals surface area contributed by atoms with Gasteiger partial charge in [0.15, 0.2) is 0 Å². The Hall–Kier alpha value is -0.610. The first kappa shape index (κ1) is 13.5. The zero-order chi connectivity index (χ0) is 12.0. The first-order valence-corrected chi connectivity index (χ1v) is 6.37. The van der Waals surface area contributed by atoms with Crippen LogP contribution in [0.3, 0.4) is 0 Å². The summed E-state index contributed by atoms with van der Waals surface area (Å²) < 4.78 is 0. The summed E-state index contributed by atoms with van der Waals surface area (Å²) in [7, 11) is 2.14. The third-order valence-electron chi connectivity index (χ3n) is 3.35. The molecule has 0 aromatic rings. The van der Waals surface area contributed by atoms with Crippen LogP contribution in [0.15, 0.2) is 0 Å². The number of nitrogens with one attached hydrogen (secondary N) is 1. The Morgan fingerprint density at radius 1 is 1.50 bits per heavy atom. The number of piperidine rings is 1. The molecule has 0 bridgehead atoms. The molecular weight excluding hydrogens is 202 g/mol. The molecule has 1 saturated heterocycles. The number of hydrogen-bond acceptors (Lipinski definition) is 3. The minimum absolute atomic E-state index is 0.131. The van der Waals surface area contributed by atoms with E-state index in [4.69, 9.17) is 5.73 Å². The van der Waals surface area contributed by atoms with E-state index in [2.05, 4.69) is 24.2 Å². The van der Waals surface area contributed by atoms with Gasteiger partial charge in [-0.3, -0.25) is 4.79 Å². The largest absolute Gasteiger partial charge is 0.368 e. The summed E-state index contributed by atoms with van der Waals surface area (Å²) in [6.07, 6.45) is 5.28. The van der Waals surface area contributed by atoms with Gasteiger partial charge in [0.05, 0.1) is 6.04 Å². The van der Waals surface area contributed by atoms with Crippen LogP contribution in [0, 0.1) is 0 Å². The fraction of sp³-hybridized carbons (Fsp3) is 0.917. The van der Waals surface area contributed by atoms with Crippen molar-refractivity contribution in [2.45, 2.75) is 51.1 Å². The lowest BCUT2D eigenvalue weighted by Gasteiger charge is -2.31. The summed E-state index contributed by atoms with van der Waals surface area (Å²) in [5.41, 5.74) is 5.41. The fourth-order valence-electron chi connectivity index (χ4n) is 2.18. The van der Waals surface area contributed by atoms with Crippen LogP contribution in [0.25, 0.3) is 0 Å². The van der Waals surface area contributed by atoms with E-state index in [9.17, 15) is 4.79 Å². The van der Waals surface area contributed by atoms with Gasteiger partial charge in [0, 0.05) is 6.04 Å². The van der Waals surface area contributed by atoms with Crippen LogP contribution in [-0.2, 0) is 4.79 Å². The minimum atomic E-state index is -0.202. The van der Waals surface area contributed by atoms with Crippen LogP contribution in [0.4, 0.5) is 0 Å². The van der Waals surface area contributed by atoms with Crippen molar-refractivity contribution >= 4 is 5.91 Å². The molecule has 0 radical (unpaired) electrons. The number of nitrogens with zero attached hydrogens (tertiary/aromatic N) is 1. The van der Waals surface area contributed by atoms with E-state index in [0.29, 0.717) is 6.04 Å². The molecule has 0 spiro atoms. The summed E-state index contributed by atoms with van der Waals surface area (Å²) in [6, 6.07) is 0.332. The molecule has 1 heterocycles. The first-order chi connectivity index (χ1) is 7.63. The van der Waals surface area contributed by atoms with Crippen LogP contribution in [-0.4, -0.2) is 43.0 Å². The van der Waals surface area contributed by atoms with E-state index >= 15 is 0 Å². The average Bonchev–Trinajstić information content (AvgIpc) is 2.26. The standard InChI is InChI=1S/C12H25N3O/c1-3-4-5-11(12(13)16)14-10-6-8-15(2)9-7-10/h10-11,14H,3-9H2,1-2H3,(H2,13,16). The van der Waals surface area contributed by atoms with Crippen molar-refractivity contribution in [2.75, 3.05) is 20.1 Å². The van der Waals surface area contributed by atoms with Gasteiger partial charge in [0.25, 0.3) is 0 Å². The van der Waals surface area contributed by atoms with E-state index < -0.39 is 0 Å². The summed E-state index contributed by atoms with van der Waals surface area (Å²) in [6.45, 7) is 4.35. The SMILES string of the molecule is CCCCC(NC1CCN(C)CC1)C(N)=O. The Morgan fingerprint density at radius 3 is 2.62 bits per heavy atom. The molecule has 16 heavy (non-hydrogen) atoms. The molecule has 1 aliphatic heterocycles. The Balaban J connectivity index is 2.33. The van der Waals surface area contributed by atoms with Crippen LogP contribution < -0.4 is 11.1 Å². The predicted molar refractivity (Wildman–Crippen MR) is 66.2 cm³/mol. The monoisotopic (exact) mass is 227 g/mol. The van der Waals surface area contributed by atoms with Gasteiger partial charge in [0.1, 0.15) is 0 Å². The van der Waals surface area contributed by atoms with Gasteiger partial charge < -0.3 is 16.0 Å². The maximum absolute atomic E-state index is 11.3. The van der Waals surface area contributed by atoms with E-state index in [0.717, 1.165) is 45.2 Å². The molecule has 1 rings (SSSR count). The summed E-state index contributed by atoms with van der Waals surface area (Å²) in [5.74, 6) is -0.202. The Bertz CT molecular complexity index is 212. The molecule has 1 amide bonds. The fourth-order valence-corrected chi connectivity index (χ4v) is 2.18. The number of carbonyl (C=O) groups excluding carboxylic acids is 1. The highest BCUT2D eigenvalue weighted by molar-refractivity contribution is 5.79. The second-order valence-electron chi connectivity index (χ2n) is 4.84. The maximum Gasteiger partial charge on any atom is 0.234 e. The number of hydrogen-bond donors (Lipinski definition) is 2. The van der Waals surface area contributed by atoms with Crippen molar-refractivity contribution in [1.29, 1.82) is 0 Å². The third-order valence-corrected chi connectivity index (χ3v) is 3.35. The second kappa shape index (κ2) is 6.86. The van der Waals surface area contributed by atoms with Gasteiger partial charge in [-0.15, -0.1) is 0 Å². The van der Waals surface area contributed by atoms with Crippen LogP contribution in [0.5, 0.6) is 0 Å². The van der Waals surface area contributed by atoms with Crippen molar-refractivity contribution in [1.82, 2.24) is 10.2 Å². The lowest BCUT2D eigenvalue weighted by atomic mass is 10.0. The molecular formula is C12H25N3O. The molecule has 0 aromatic heterocycles. The Morgan fingerprint density at radius 2 is 2.12 bits per heavy atom. The van der Waals surface area contributed by atoms with Gasteiger partial charge >= 0.3 is 0 Å². The summed E-state index contributed by atoms with van der Waals surface area (Å²) in [4.78, 5) is 13.6. The lowest BCUT2D eigenvalue weighted by molar-refractivity contribution is -0.120. The lowest BCUT2D eigenvalue weighted by Crippen LogP contribution is -2.50. The first-order valence-electron chi connectivity index (χ1n) is 6.37. The number of nitrogens with two attached hydrogens (primary N) is 1. The Labute approximate surface area is 98.6 Å². The number of rotatable bonds is 6. The number of carbonyl (C=O) groups is 1. The molecule has 4 heteroatoms. The van der Waals surface area contributed by atoms with Crippen molar-refractivity contribution in [3.8, 4) is 0 Å². The second-order valence-corrected chi connectivity index (χ2v) is 4.84. The maximum atomic E-state index is 11.3. The quantitative estimate of drug-likeness (QED) is 0.703. The van der Waals surface area contributed by atoms with Gasteiger partial charge in [-0.25, -0.2) is 0 Å². The highest BCUT2D eigenvalue weighted by atomic mass is 16.1. The minimum Gasteiger partial charge on any atom is -0.368 e. The summed E-state index contributed by atoms with van der Waals surface area (Å²) in [5, 5.41) is 3.41. The van der Waals surface area contributed by atoms with Crippen LogP contribution in [0.1, 0.15) is 39.0 Å². The number of primary amides is 1. The predicted octanol–water partition coefficient (Wildman–Crippen LogP) is 0.714. The zero-order valence-electron chi connectivity index (χ0n) is 10.5. The molecule has 0 aromatic carbocycles. The normalized spacial score (nSPS) is 20.9. The van der Waals surface area contributed by atoms with E-state index in [1.807, 2.05) is 0 Å². The number of amides is 1. The summed E-state index contributed by atoms with van der Waals surface area (Å²) >= 11 is 0. The van der Waals surface area contributed by atoms with E-state index in [1.54, 1.807) is 0 Å². The van der Waals surface area contributed by atoms with Crippen molar-refractivity contribution < 1.29 is 4.79 Å². The van der Waals surface area contributed by atoms with Crippen molar-refractivity contribution in [3.05, 3.63) is 0 Å². The third kappa shape index (κ3) is 4.49. The molecule has 0 aliphatic carbocycles. The number of unbranched alkanes of at least 4 members (excludes halogenated alkanes) is 1. The molecule has 1 unspecified atom stereocenters. The zero-order valence-corrected chi connectivity index (χ0v) is 10.5. The van der Waals surface area contributed by atoms with Crippen LogP contribution >= 0.6 is 0 Å². The van der Waals surface area contributed by atoms with E-state index in [-0.39, 0.29) is 11.9 Å². The van der Waals surface area contributed by atoms with Gasteiger partial charge in [-0.05, 0) is 39.4 Å². The molecule has 1 fully saturated rings. The topological polar surface area (TPSA) is 58.4 Å². The Kier molecular flexibility index (Phi) is 5.77. The molecule has 94 valence electrons. The molecule has 1 atom stereocenters. The van der Waals surface area contributed by atoms with Gasteiger partial charge in [-0.1, -0.05) is 19.8 Å².